The molecular formula is C14H13N3O4S. The summed E-state index contributed by atoms with van der Waals surface area (Å²) in [4.78, 5) is 33.5. The minimum absolute atomic E-state index is 0.0819. The maximum atomic E-state index is 11.7. The van der Waals surface area contributed by atoms with E-state index in [-0.39, 0.29) is 30.5 Å². The van der Waals surface area contributed by atoms with Crippen molar-refractivity contribution in [1.82, 2.24) is 5.32 Å². The van der Waals surface area contributed by atoms with Crippen molar-refractivity contribution in [2.45, 2.75) is 6.42 Å². The smallest absolute Gasteiger partial charge is 0.271 e. The summed E-state index contributed by atoms with van der Waals surface area (Å²) in [6, 6.07) is 7.38. The van der Waals surface area contributed by atoms with E-state index in [1.165, 1.54) is 29.5 Å². The summed E-state index contributed by atoms with van der Waals surface area (Å²) in [6.07, 6.45) is 0.0819. The number of rotatable bonds is 6. The zero-order valence-electron chi connectivity index (χ0n) is 11.4. The number of amides is 2. The summed E-state index contributed by atoms with van der Waals surface area (Å²) in [5, 5.41) is 19.3. The lowest BCUT2D eigenvalue weighted by molar-refractivity contribution is -0.384. The first-order valence-corrected chi connectivity index (χ1v) is 7.35. The number of hydrogen-bond acceptors (Lipinski definition) is 5. The number of nitrogens with zero attached hydrogens (tertiary/aromatic N) is 1. The molecule has 114 valence electrons. The molecule has 0 aliphatic rings. The van der Waals surface area contributed by atoms with E-state index < -0.39 is 4.92 Å². The van der Waals surface area contributed by atoms with Gasteiger partial charge in [-0.25, -0.2) is 0 Å². The van der Waals surface area contributed by atoms with Crippen LogP contribution in [0.1, 0.15) is 16.8 Å². The molecule has 0 fully saturated rings. The van der Waals surface area contributed by atoms with Crippen LogP contribution in [-0.4, -0.2) is 23.3 Å². The van der Waals surface area contributed by atoms with Gasteiger partial charge in [-0.3, -0.25) is 19.7 Å². The van der Waals surface area contributed by atoms with Crippen molar-refractivity contribution in [1.29, 1.82) is 0 Å². The number of carbonyl (C=O) groups excluding carboxylic acids is 2. The third-order valence-electron chi connectivity index (χ3n) is 2.76. The minimum Gasteiger partial charge on any atom is -0.351 e. The van der Waals surface area contributed by atoms with Crippen molar-refractivity contribution in [3.8, 4) is 0 Å². The molecule has 0 saturated carbocycles. The maximum Gasteiger partial charge on any atom is 0.271 e. The van der Waals surface area contributed by atoms with E-state index in [4.69, 9.17) is 0 Å². The molecule has 1 aromatic heterocycles. The number of benzene rings is 1. The SMILES string of the molecule is O=C(CCNC(=O)c1ccsc1)Nc1cccc([N+](=O)[O-])c1. The molecule has 1 aromatic carbocycles. The quantitative estimate of drug-likeness (QED) is 0.630. The number of thiophene rings is 1. The summed E-state index contributed by atoms with van der Waals surface area (Å²) < 4.78 is 0. The Morgan fingerprint density at radius 3 is 2.77 bits per heavy atom. The molecule has 0 aliphatic heterocycles. The summed E-state index contributed by atoms with van der Waals surface area (Å²) in [6.45, 7) is 0.190. The van der Waals surface area contributed by atoms with E-state index in [1.807, 2.05) is 0 Å². The molecule has 0 aliphatic carbocycles. The molecule has 7 nitrogen and oxygen atoms in total. The van der Waals surface area contributed by atoms with Crippen LogP contribution in [0.5, 0.6) is 0 Å². The zero-order chi connectivity index (χ0) is 15.9. The minimum atomic E-state index is -0.531. The average Bonchev–Trinajstić information content (AvgIpc) is 3.01. The van der Waals surface area contributed by atoms with Gasteiger partial charge in [0.1, 0.15) is 0 Å². The number of nitro benzene ring substituents is 1. The normalized spacial score (nSPS) is 10.0. The molecule has 0 unspecified atom stereocenters. The first-order chi connectivity index (χ1) is 10.6. The van der Waals surface area contributed by atoms with E-state index in [0.717, 1.165) is 0 Å². The van der Waals surface area contributed by atoms with Crippen LogP contribution in [0.2, 0.25) is 0 Å². The van der Waals surface area contributed by atoms with E-state index in [2.05, 4.69) is 10.6 Å². The number of anilines is 1. The molecule has 0 spiro atoms. The lowest BCUT2D eigenvalue weighted by Gasteiger charge is -2.06. The number of nitro groups is 1. The van der Waals surface area contributed by atoms with Crippen LogP contribution >= 0.6 is 11.3 Å². The highest BCUT2D eigenvalue weighted by molar-refractivity contribution is 7.08. The second-order valence-electron chi connectivity index (χ2n) is 4.37. The Morgan fingerprint density at radius 2 is 2.09 bits per heavy atom. The first kappa shape index (κ1) is 15.6. The Balaban J connectivity index is 1.79. The van der Waals surface area contributed by atoms with Gasteiger partial charge in [0.2, 0.25) is 5.91 Å². The molecule has 8 heteroatoms. The second kappa shape index (κ2) is 7.32. The van der Waals surface area contributed by atoms with Crippen LogP contribution in [0, 0.1) is 10.1 Å². The molecule has 2 aromatic rings. The Morgan fingerprint density at radius 1 is 1.27 bits per heavy atom. The molecule has 0 radical (unpaired) electrons. The number of nitrogens with one attached hydrogen (secondary N) is 2. The summed E-state index contributed by atoms with van der Waals surface area (Å²) >= 11 is 1.42. The van der Waals surface area contributed by atoms with Gasteiger partial charge in [-0.15, -0.1) is 0 Å². The van der Waals surface area contributed by atoms with E-state index in [0.29, 0.717) is 11.3 Å². The van der Waals surface area contributed by atoms with Crippen LogP contribution in [0.3, 0.4) is 0 Å². The summed E-state index contributed by atoms with van der Waals surface area (Å²) in [7, 11) is 0. The van der Waals surface area contributed by atoms with Gasteiger partial charge in [-0.05, 0) is 17.5 Å². The van der Waals surface area contributed by atoms with Crippen molar-refractivity contribution in [3.05, 3.63) is 56.8 Å². The molecule has 22 heavy (non-hydrogen) atoms. The van der Waals surface area contributed by atoms with Gasteiger partial charge in [0, 0.05) is 41.7 Å². The lowest BCUT2D eigenvalue weighted by Crippen LogP contribution is -2.27. The Hall–Kier alpha value is -2.74. The zero-order valence-corrected chi connectivity index (χ0v) is 12.3. The van der Waals surface area contributed by atoms with Gasteiger partial charge in [0.05, 0.1) is 4.92 Å². The molecule has 0 saturated heterocycles. The van der Waals surface area contributed by atoms with E-state index >= 15 is 0 Å². The van der Waals surface area contributed by atoms with Gasteiger partial charge in [0.15, 0.2) is 0 Å². The van der Waals surface area contributed by atoms with Gasteiger partial charge in [-0.2, -0.15) is 11.3 Å². The largest absolute Gasteiger partial charge is 0.351 e. The lowest BCUT2D eigenvalue weighted by atomic mass is 10.2. The Labute approximate surface area is 130 Å². The van der Waals surface area contributed by atoms with Gasteiger partial charge in [0.25, 0.3) is 11.6 Å². The topological polar surface area (TPSA) is 101 Å². The number of non-ortho nitro benzene ring substituents is 1. The summed E-state index contributed by atoms with van der Waals surface area (Å²) in [5.41, 5.74) is 0.816. The highest BCUT2D eigenvalue weighted by Gasteiger charge is 2.09. The molecule has 2 N–H and O–H groups in total. The van der Waals surface area contributed by atoms with Crippen molar-refractivity contribution in [3.63, 3.8) is 0 Å². The first-order valence-electron chi connectivity index (χ1n) is 6.41. The fourth-order valence-corrected chi connectivity index (χ4v) is 2.34. The van der Waals surface area contributed by atoms with Crippen molar-refractivity contribution in [2.75, 3.05) is 11.9 Å². The van der Waals surface area contributed by atoms with Crippen LogP contribution < -0.4 is 10.6 Å². The molecule has 0 bridgehead atoms. The third-order valence-corrected chi connectivity index (χ3v) is 3.44. The molecule has 1 heterocycles. The molecule has 2 rings (SSSR count). The van der Waals surface area contributed by atoms with Crippen LogP contribution in [0.15, 0.2) is 41.1 Å². The fraction of sp³-hybridized carbons (Fsp3) is 0.143. The third kappa shape index (κ3) is 4.38. The van der Waals surface area contributed by atoms with Crippen molar-refractivity contribution in [2.24, 2.45) is 0 Å². The Bertz CT molecular complexity index is 685. The van der Waals surface area contributed by atoms with Gasteiger partial charge in [-0.1, -0.05) is 6.07 Å². The van der Waals surface area contributed by atoms with Crippen molar-refractivity contribution < 1.29 is 14.5 Å². The maximum absolute atomic E-state index is 11.7. The van der Waals surface area contributed by atoms with Crippen LogP contribution in [0.4, 0.5) is 11.4 Å². The Kier molecular flexibility index (Phi) is 5.21. The van der Waals surface area contributed by atoms with E-state index in [1.54, 1.807) is 22.9 Å². The predicted octanol–water partition coefficient (Wildman–Crippen LogP) is 2.41. The van der Waals surface area contributed by atoms with Crippen LogP contribution in [-0.2, 0) is 4.79 Å². The van der Waals surface area contributed by atoms with Gasteiger partial charge >= 0.3 is 0 Å². The standard InChI is InChI=1S/C14H13N3O4S/c18-13(4-6-15-14(19)10-5-7-22-9-10)16-11-2-1-3-12(8-11)17(20)21/h1-3,5,7-9H,4,6H2,(H,15,19)(H,16,18). The molecule has 0 atom stereocenters. The van der Waals surface area contributed by atoms with E-state index in [9.17, 15) is 19.7 Å². The van der Waals surface area contributed by atoms with Crippen molar-refractivity contribution >= 4 is 34.5 Å². The molecular weight excluding hydrogens is 306 g/mol. The highest BCUT2D eigenvalue weighted by Crippen LogP contribution is 2.17. The number of carbonyl (C=O) groups is 2. The van der Waals surface area contributed by atoms with Gasteiger partial charge < -0.3 is 10.6 Å². The van der Waals surface area contributed by atoms with Crippen LogP contribution in [0.25, 0.3) is 0 Å². The highest BCUT2D eigenvalue weighted by atomic mass is 32.1. The fourth-order valence-electron chi connectivity index (χ4n) is 1.71. The monoisotopic (exact) mass is 319 g/mol. The number of hydrogen-bond donors (Lipinski definition) is 2. The predicted molar refractivity (Wildman–Crippen MR) is 83.0 cm³/mol. The second-order valence-corrected chi connectivity index (χ2v) is 5.15. The summed E-state index contributed by atoms with van der Waals surface area (Å²) in [5.74, 6) is -0.560. The molecule has 2 amide bonds. The average molecular weight is 319 g/mol.